The fourth-order valence-electron chi connectivity index (χ4n) is 3.37. The molecule has 0 aromatic carbocycles. The van der Waals surface area contributed by atoms with Crippen LogP contribution >= 0.6 is 0 Å². The molecule has 10 nitrogen and oxygen atoms in total. The zero-order valence-corrected chi connectivity index (χ0v) is 13.1. The largest absolute Gasteiger partial charge is 0.362 e. The molecular formula is C12H18N4O6S. The maximum absolute atomic E-state index is 12.3. The molecule has 11 heteroatoms. The van der Waals surface area contributed by atoms with Gasteiger partial charge in [-0.05, 0) is 19.3 Å². The monoisotopic (exact) mass is 346 g/mol. The lowest BCUT2D eigenvalue weighted by molar-refractivity contribution is -0.143. The molecule has 0 aromatic rings. The lowest BCUT2D eigenvalue weighted by Crippen LogP contribution is -2.69. The second-order valence-corrected chi connectivity index (χ2v) is 7.22. The van der Waals surface area contributed by atoms with Crippen molar-refractivity contribution in [1.82, 2.24) is 19.8 Å². The number of likely N-dealkylation sites (tertiary alicyclic amines) is 1. The molecule has 3 atom stereocenters. The van der Waals surface area contributed by atoms with Crippen LogP contribution in [0.2, 0.25) is 0 Å². The molecule has 1 unspecified atom stereocenters. The number of carbonyl (C=O) groups is 3. The molecule has 23 heavy (non-hydrogen) atoms. The lowest BCUT2D eigenvalue weighted by atomic mass is 10.0. The molecule has 0 aromatic heterocycles. The Morgan fingerprint density at radius 2 is 2.00 bits per heavy atom. The summed E-state index contributed by atoms with van der Waals surface area (Å²) < 4.78 is 31.7. The summed E-state index contributed by atoms with van der Waals surface area (Å²) in [5, 5.41) is 5.51. The third kappa shape index (κ3) is 2.85. The highest BCUT2D eigenvalue weighted by atomic mass is 32.2. The Kier molecular flexibility index (Phi) is 3.92. The van der Waals surface area contributed by atoms with Gasteiger partial charge in [0.05, 0.1) is 6.04 Å². The van der Waals surface area contributed by atoms with Gasteiger partial charge in [-0.25, -0.2) is 9.10 Å². The van der Waals surface area contributed by atoms with Crippen molar-refractivity contribution in [3.05, 3.63) is 0 Å². The van der Waals surface area contributed by atoms with Crippen LogP contribution < -0.4 is 10.6 Å². The van der Waals surface area contributed by atoms with E-state index in [0.29, 0.717) is 36.5 Å². The number of β-lactam (4-membered cyclic amide) rings is 1. The summed E-state index contributed by atoms with van der Waals surface area (Å²) in [5.74, 6) is -0.844. The number of rotatable bonds is 2. The predicted molar refractivity (Wildman–Crippen MR) is 76.5 cm³/mol. The fourth-order valence-corrected chi connectivity index (χ4v) is 4.27. The molecule has 3 fully saturated rings. The minimum atomic E-state index is -4.58. The van der Waals surface area contributed by atoms with Gasteiger partial charge in [0.15, 0.2) is 0 Å². The second kappa shape index (κ2) is 5.64. The zero-order chi connectivity index (χ0) is 16.8. The molecule has 3 heterocycles. The second-order valence-electron chi connectivity index (χ2n) is 5.93. The van der Waals surface area contributed by atoms with Gasteiger partial charge >= 0.3 is 16.3 Å². The van der Waals surface area contributed by atoms with Crippen LogP contribution in [0.3, 0.4) is 0 Å². The number of urea groups is 1. The van der Waals surface area contributed by atoms with E-state index < -0.39 is 34.3 Å². The first-order valence-corrected chi connectivity index (χ1v) is 8.83. The van der Waals surface area contributed by atoms with Gasteiger partial charge in [-0.1, -0.05) is 0 Å². The van der Waals surface area contributed by atoms with Crippen molar-refractivity contribution >= 4 is 28.1 Å². The summed E-state index contributed by atoms with van der Waals surface area (Å²) in [6.45, 7) is 0.716. The molecule has 3 saturated heterocycles. The molecule has 128 valence electrons. The van der Waals surface area contributed by atoms with Crippen LogP contribution in [0.5, 0.6) is 0 Å². The first-order valence-electron chi connectivity index (χ1n) is 7.43. The van der Waals surface area contributed by atoms with Crippen LogP contribution in [-0.2, 0) is 19.9 Å². The first-order chi connectivity index (χ1) is 10.8. The van der Waals surface area contributed by atoms with Crippen molar-refractivity contribution in [1.29, 1.82) is 0 Å². The molecular weight excluding hydrogens is 328 g/mol. The Morgan fingerprint density at radius 1 is 1.26 bits per heavy atom. The lowest BCUT2D eigenvalue weighted by Gasteiger charge is -2.42. The topological polar surface area (TPSA) is 136 Å². The van der Waals surface area contributed by atoms with Gasteiger partial charge in [-0.15, -0.1) is 0 Å². The van der Waals surface area contributed by atoms with Crippen LogP contribution in [-0.4, -0.2) is 71.2 Å². The Hall–Kier alpha value is -1.88. The Morgan fingerprint density at radius 3 is 2.70 bits per heavy atom. The fraction of sp³-hybridized carbons (Fsp3) is 0.750. The number of hydrogen-bond acceptors (Lipinski definition) is 5. The van der Waals surface area contributed by atoms with E-state index >= 15 is 0 Å². The van der Waals surface area contributed by atoms with Gasteiger partial charge in [0.2, 0.25) is 5.91 Å². The SMILES string of the molecule is O=C1CC[C@@H](NC(=O)N2CCC3[C@H]2C(=O)N3S(=O)(=O)O)CCN1. The van der Waals surface area contributed by atoms with Crippen molar-refractivity contribution in [2.24, 2.45) is 0 Å². The molecule has 0 radical (unpaired) electrons. The molecule has 0 bridgehead atoms. The first kappa shape index (κ1) is 16.0. The third-order valence-electron chi connectivity index (χ3n) is 4.51. The Labute approximate surface area is 133 Å². The van der Waals surface area contributed by atoms with Gasteiger partial charge in [0.25, 0.3) is 5.91 Å². The molecule has 3 N–H and O–H groups in total. The smallest absolute Gasteiger partial charge is 0.356 e. The van der Waals surface area contributed by atoms with Crippen LogP contribution in [0.15, 0.2) is 0 Å². The zero-order valence-electron chi connectivity index (χ0n) is 12.3. The highest BCUT2D eigenvalue weighted by Crippen LogP contribution is 2.35. The van der Waals surface area contributed by atoms with E-state index in [9.17, 15) is 22.8 Å². The summed E-state index contributed by atoms with van der Waals surface area (Å²) >= 11 is 0. The van der Waals surface area contributed by atoms with Crippen LogP contribution in [0.25, 0.3) is 0 Å². The molecule has 0 spiro atoms. The number of carbonyl (C=O) groups excluding carboxylic acids is 3. The minimum absolute atomic E-state index is 0.0547. The molecule has 0 saturated carbocycles. The van der Waals surface area contributed by atoms with E-state index in [1.807, 2.05) is 0 Å². The summed E-state index contributed by atoms with van der Waals surface area (Å²) in [7, 11) is -4.58. The standard InChI is InChI=1S/C12H18N4O6S/c17-9-2-1-7(3-5-13-9)14-12(19)15-6-4-8-10(15)11(18)16(8)23(20,21)22/h7-8,10H,1-6H2,(H,13,17)(H,14,19)(H,20,21,22)/t7-,8?,10+/m1/s1. The quantitative estimate of drug-likeness (QED) is 0.409. The maximum atomic E-state index is 12.3. The van der Waals surface area contributed by atoms with Gasteiger partial charge in [0, 0.05) is 25.6 Å². The number of nitrogens with zero attached hydrogens (tertiary/aromatic N) is 2. The van der Waals surface area contributed by atoms with E-state index in [4.69, 9.17) is 4.55 Å². The van der Waals surface area contributed by atoms with Crippen LogP contribution in [0.4, 0.5) is 4.79 Å². The van der Waals surface area contributed by atoms with Gasteiger partial charge in [-0.3, -0.25) is 14.1 Å². The Balaban J connectivity index is 1.62. The van der Waals surface area contributed by atoms with Crippen molar-refractivity contribution in [3.8, 4) is 0 Å². The van der Waals surface area contributed by atoms with Gasteiger partial charge in [0.1, 0.15) is 6.04 Å². The number of fused-ring (bicyclic) bond motifs is 1. The number of hydrogen-bond donors (Lipinski definition) is 3. The highest BCUT2D eigenvalue weighted by Gasteiger charge is 2.60. The Bertz CT molecular complexity index is 650. The molecule has 3 rings (SSSR count). The highest BCUT2D eigenvalue weighted by molar-refractivity contribution is 7.84. The predicted octanol–water partition coefficient (Wildman–Crippen LogP) is -1.55. The van der Waals surface area contributed by atoms with Crippen molar-refractivity contribution in [2.45, 2.75) is 43.8 Å². The van der Waals surface area contributed by atoms with E-state index in [0.717, 1.165) is 0 Å². The van der Waals surface area contributed by atoms with Crippen molar-refractivity contribution in [3.63, 3.8) is 0 Å². The summed E-state index contributed by atoms with van der Waals surface area (Å²) in [6.07, 6.45) is 1.75. The normalized spacial score (nSPS) is 31.1. The van der Waals surface area contributed by atoms with Gasteiger partial charge in [-0.2, -0.15) is 8.42 Å². The van der Waals surface area contributed by atoms with Crippen LogP contribution in [0.1, 0.15) is 25.7 Å². The molecule has 3 aliphatic heterocycles. The van der Waals surface area contributed by atoms with Crippen molar-refractivity contribution in [2.75, 3.05) is 13.1 Å². The van der Waals surface area contributed by atoms with Crippen LogP contribution in [0, 0.1) is 0 Å². The summed E-state index contributed by atoms with van der Waals surface area (Å²) in [4.78, 5) is 36.8. The van der Waals surface area contributed by atoms with E-state index in [2.05, 4.69) is 10.6 Å². The van der Waals surface area contributed by atoms with E-state index in [1.165, 1.54) is 4.90 Å². The molecule has 4 amide bonds. The number of amides is 4. The summed E-state index contributed by atoms with van der Waals surface area (Å²) in [6, 6.07) is -2.16. The average Bonchev–Trinajstić information content (AvgIpc) is 2.69. The van der Waals surface area contributed by atoms with Crippen molar-refractivity contribution < 1.29 is 27.4 Å². The molecule has 0 aliphatic carbocycles. The molecule has 3 aliphatic rings. The maximum Gasteiger partial charge on any atom is 0.362 e. The van der Waals surface area contributed by atoms with E-state index in [-0.39, 0.29) is 18.5 Å². The third-order valence-corrected chi connectivity index (χ3v) is 5.46. The summed E-state index contributed by atoms with van der Waals surface area (Å²) in [5.41, 5.74) is 0. The number of nitrogens with one attached hydrogen (secondary N) is 2. The van der Waals surface area contributed by atoms with Gasteiger partial charge < -0.3 is 15.5 Å². The van der Waals surface area contributed by atoms with E-state index in [1.54, 1.807) is 0 Å². The average molecular weight is 346 g/mol. The minimum Gasteiger partial charge on any atom is -0.356 e.